The maximum atomic E-state index is 13.6. The molecule has 6 aromatic carbocycles. The number of nitrogens with one attached hydrogen (secondary N) is 2. The number of nitrogens with zero attached hydrogens (tertiary/aromatic N) is 12. The average molecular weight is 1670 g/mol. The van der Waals surface area contributed by atoms with E-state index in [1.165, 1.54) is 56.3 Å². The van der Waals surface area contributed by atoms with Crippen molar-refractivity contribution in [2.24, 2.45) is 20.5 Å². The second-order valence-corrected chi connectivity index (χ2v) is 27.3. The number of benzene rings is 6. The molecule has 0 saturated carbocycles. The van der Waals surface area contributed by atoms with E-state index < -0.39 is 138 Å². The third-order valence-electron chi connectivity index (χ3n) is 14.0. The van der Waals surface area contributed by atoms with Gasteiger partial charge in [0.05, 0.1) is 78.1 Å². The molecule has 1 saturated heterocycles. The largest absolute Gasteiger partial charge is 2.00 e. The number of aryl methyl sites for hydroxylation is 2. The Morgan fingerprint density at radius 1 is 0.505 bits per heavy atom. The number of azo groups is 2. The minimum absolute atomic E-state index is 0. The van der Waals surface area contributed by atoms with Crippen LogP contribution in [0.4, 0.5) is 52.0 Å². The van der Waals surface area contributed by atoms with Gasteiger partial charge in [0, 0.05) is 29.9 Å². The molecule has 2 radical (unpaired) electrons. The molecule has 0 unspecified atom stereocenters. The summed E-state index contributed by atoms with van der Waals surface area (Å²) in [6.45, 7) is 3.39. The SMILES string of the molecule is Cc1nn(-c2ccc(C=Cc3ccc(Nc4nc(Nc5ccc(C=Cc6cc(-n7nc(C)[c-](N=Nc8ccc(S(=O)(=O)[O-])cc8C(=O)[O-])c7=O)ccc6S(=O)(=O)[O-])c(S(=O)(=O)[O-])c5)nc(N5CCOCC5)n4)c(S(=O)(=O)[O-])c3)c(S(=O)(=O)[O-])c2)c(=O)[c-]1N=Nc1ccccc1C(=O)[O-].[Cu+2].[Cu+2].[Na+].[Na+].[Na+].[Na+].[Na+]. The third-order valence-corrected chi connectivity index (χ3v) is 18.4. The van der Waals surface area contributed by atoms with Gasteiger partial charge in [0.15, 0.2) is 0 Å². The molecule has 526 valence electrons. The number of carbonyl (C=O) groups excluding carboxylic acids is 2. The average Bonchev–Trinajstić information content (AvgIpc) is 1.74. The molecule has 0 aliphatic carbocycles. The molecule has 48 heteroatoms. The number of rotatable bonds is 22. The van der Waals surface area contributed by atoms with Crippen molar-refractivity contribution < 1.29 is 271 Å². The van der Waals surface area contributed by atoms with Crippen molar-refractivity contribution in [2.75, 3.05) is 41.8 Å². The van der Waals surface area contributed by atoms with Gasteiger partial charge in [-0.1, -0.05) is 85.9 Å². The van der Waals surface area contributed by atoms with Crippen molar-refractivity contribution in [1.29, 1.82) is 0 Å². The Morgan fingerprint density at radius 2 is 0.990 bits per heavy atom. The summed E-state index contributed by atoms with van der Waals surface area (Å²) in [6, 6.07) is 19.7. The van der Waals surface area contributed by atoms with Crippen molar-refractivity contribution >= 4 is 139 Å². The maximum Gasteiger partial charge on any atom is 2.00 e. The Morgan fingerprint density at radius 3 is 1.53 bits per heavy atom. The molecule has 0 spiro atoms. The standard InChI is InChI=1S/C57H46N14O22S5.2Cu.5Na/c1-30-49(66-64-43-19-17-39(94(78,79)80)29-41(43)54(76)77)51(72)70(67-30)37-16-20-45(95(81,82)83)35(26-37)11-10-34-12-14-36(27-46(34)96(84,85)86)58-55-60-56(62-57(61-55)69-21-23-93-24-22-69)59-44-18-8-32(25-48(44)98(90,91)92)7-9-33-13-15-38(28-47(33)97(87,88)89)71-52(73)50(31(2)68-71)65-63-42-6-4-3-5-40(42)53(74)75;;;;;;;/h3-20,25-29H,21-24H2,1-2H3,(H,74,75)(H,76,77)(H,78,79,80)(H,81,82,83)(H,84,85,86)(H,87,88,89)(H,90,91,92)(H2,58,59,60,61,62);;;;;;;/q-2;2*+2;5*+1/p-7. The number of aromatic nitrogens is 7. The first-order valence-electron chi connectivity index (χ1n) is 27.4. The molecule has 1 aliphatic rings. The van der Waals surface area contributed by atoms with Crippen LogP contribution in [0.25, 0.3) is 35.7 Å². The van der Waals surface area contributed by atoms with Gasteiger partial charge in [0.2, 0.25) is 17.8 Å². The number of ether oxygens (including phenoxy) is 1. The first-order chi connectivity index (χ1) is 46.0. The van der Waals surface area contributed by atoms with Gasteiger partial charge in [0.25, 0.3) is 0 Å². The Bertz CT molecular complexity index is 5690. The van der Waals surface area contributed by atoms with E-state index in [4.69, 9.17) is 4.74 Å². The minimum Gasteiger partial charge on any atom is -0.744 e. The van der Waals surface area contributed by atoms with E-state index in [1.807, 2.05) is 0 Å². The summed E-state index contributed by atoms with van der Waals surface area (Å²) in [7, 11) is -26.7. The fourth-order valence-corrected chi connectivity index (χ4v) is 12.6. The Hall–Kier alpha value is -5.08. The molecule has 2 N–H and O–H groups in total. The number of carboxylic acid groups (broad SMARTS) is 2. The zero-order valence-corrected chi connectivity index (χ0v) is 71.1. The summed E-state index contributed by atoms with van der Waals surface area (Å²) in [5, 5.41) is 52.0. The molecule has 4 heterocycles. The maximum absolute atomic E-state index is 13.6. The summed E-state index contributed by atoms with van der Waals surface area (Å²) >= 11 is 0. The Labute approximate surface area is 727 Å². The molecule has 9 aromatic rings. The van der Waals surface area contributed by atoms with Crippen molar-refractivity contribution in [2.45, 2.75) is 38.3 Å². The number of hydrogen-bond acceptors (Lipinski definition) is 34. The van der Waals surface area contributed by atoms with Crippen LogP contribution < -0.4 is 185 Å². The van der Waals surface area contributed by atoms with Gasteiger partial charge in [-0.25, -0.2) is 61.6 Å². The van der Waals surface area contributed by atoms with Crippen LogP contribution in [0.1, 0.15) is 54.4 Å². The molecule has 0 amide bonds. The predicted molar refractivity (Wildman–Crippen MR) is 330 cm³/mol. The van der Waals surface area contributed by atoms with Crippen LogP contribution >= 0.6 is 0 Å². The molecule has 36 nitrogen and oxygen atoms in total. The van der Waals surface area contributed by atoms with Gasteiger partial charge in [-0.2, -0.15) is 25.2 Å². The van der Waals surface area contributed by atoms with Crippen LogP contribution in [-0.4, -0.2) is 138 Å². The number of carbonyl (C=O) groups is 2. The zero-order valence-electron chi connectivity index (χ0n) is 55.1. The molecule has 1 aliphatic heterocycles. The number of anilines is 5. The summed E-state index contributed by atoms with van der Waals surface area (Å²) in [5.41, 5.74) is -7.20. The molecule has 105 heavy (non-hydrogen) atoms. The summed E-state index contributed by atoms with van der Waals surface area (Å²) in [6.07, 6.45) is 4.11. The fourth-order valence-electron chi connectivity index (χ4n) is 9.39. The fraction of sp³-hybridized carbons (Fsp3) is 0.105. The van der Waals surface area contributed by atoms with Crippen molar-refractivity contribution in [3.05, 3.63) is 181 Å². The topological polar surface area (TPSA) is 561 Å². The van der Waals surface area contributed by atoms with Crippen molar-refractivity contribution in [3.63, 3.8) is 0 Å². The van der Waals surface area contributed by atoms with E-state index in [-0.39, 0.29) is 277 Å². The van der Waals surface area contributed by atoms with Crippen LogP contribution in [0, 0.1) is 13.8 Å². The van der Waals surface area contributed by atoms with Gasteiger partial charge < -0.3 is 82.7 Å². The van der Waals surface area contributed by atoms with Crippen molar-refractivity contribution in [3.8, 4) is 11.4 Å². The quantitative estimate of drug-likeness (QED) is 0.0209. The predicted octanol–water partition coefficient (Wildman–Crippen LogP) is -12.2. The van der Waals surface area contributed by atoms with Crippen LogP contribution in [-0.2, 0) is 89.5 Å². The van der Waals surface area contributed by atoms with E-state index in [2.05, 4.69) is 56.2 Å². The number of hydrogen-bond donors (Lipinski definition) is 2. The van der Waals surface area contributed by atoms with Crippen LogP contribution in [0.3, 0.4) is 0 Å². The van der Waals surface area contributed by atoms with Gasteiger partial charge in [-0.05, 0) is 101 Å². The summed E-state index contributed by atoms with van der Waals surface area (Å²) in [4.78, 5) is 60.5. The Balaban J connectivity index is 0.00000409. The minimum atomic E-state index is -5.47. The van der Waals surface area contributed by atoms with E-state index in [0.29, 0.717) is 10.7 Å². The van der Waals surface area contributed by atoms with E-state index in [1.54, 1.807) is 4.90 Å². The molecule has 1 fully saturated rings. The summed E-state index contributed by atoms with van der Waals surface area (Å²) in [5.74, 6) is -4.42. The van der Waals surface area contributed by atoms with Crippen LogP contribution in [0.5, 0.6) is 0 Å². The smallest absolute Gasteiger partial charge is 0.744 e. The van der Waals surface area contributed by atoms with Gasteiger partial charge >= 0.3 is 182 Å². The van der Waals surface area contributed by atoms with Gasteiger partial charge in [0.1, 0.15) is 61.7 Å². The third kappa shape index (κ3) is 23.0. The van der Waals surface area contributed by atoms with E-state index in [0.717, 1.165) is 95.7 Å². The molecule has 0 bridgehead atoms. The monoisotopic (exact) mass is 1670 g/mol. The van der Waals surface area contributed by atoms with E-state index >= 15 is 0 Å². The van der Waals surface area contributed by atoms with Crippen LogP contribution in [0.15, 0.2) is 170 Å². The molecular weight excluding hydrogens is 1640 g/mol. The molecule has 0 atom stereocenters. The first-order valence-corrected chi connectivity index (χ1v) is 34.4. The Kier molecular flexibility index (Phi) is 34.5. The number of morpholine rings is 1. The van der Waals surface area contributed by atoms with Crippen molar-refractivity contribution in [1.82, 2.24) is 34.5 Å². The number of carboxylic acids is 2. The zero-order chi connectivity index (χ0) is 71.0. The summed E-state index contributed by atoms with van der Waals surface area (Å²) < 4.78 is 194. The van der Waals surface area contributed by atoms with Gasteiger partial charge in [-0.3, -0.25) is 0 Å². The van der Waals surface area contributed by atoms with Crippen LogP contribution in [0.2, 0.25) is 0 Å². The number of aromatic carboxylic acids is 2. The molecule has 3 aromatic heterocycles. The molecular formula is C57H39Cu2N14Na5O22S5. The second kappa shape index (κ2) is 38.5. The van der Waals surface area contributed by atoms with E-state index in [9.17, 15) is 94.2 Å². The second-order valence-electron chi connectivity index (χ2n) is 20.5. The normalized spacial score (nSPS) is 12.6. The first kappa shape index (κ1) is 94.1. The van der Waals surface area contributed by atoms with Gasteiger partial charge in [-0.15, -0.1) is 11.4 Å². The molecule has 10 rings (SSSR count).